The van der Waals surface area contributed by atoms with Crippen molar-refractivity contribution >= 4 is 23.2 Å². The lowest BCUT2D eigenvalue weighted by Gasteiger charge is -2.11. The Kier molecular flexibility index (Phi) is 3.18. The smallest absolute Gasteiger partial charge is 0.293 e. The molecule has 2 amide bonds. The number of nitrogens with zero attached hydrogens (tertiary/aromatic N) is 4. The van der Waals surface area contributed by atoms with Crippen molar-refractivity contribution < 1.29 is 9.59 Å². The van der Waals surface area contributed by atoms with Gasteiger partial charge in [-0.1, -0.05) is 0 Å². The molecule has 0 aliphatic carbocycles. The Morgan fingerprint density at radius 1 is 1.33 bits per heavy atom. The van der Waals surface area contributed by atoms with Gasteiger partial charge in [0.05, 0.1) is 6.54 Å². The van der Waals surface area contributed by atoms with Crippen LogP contribution in [0.4, 0.5) is 0 Å². The van der Waals surface area contributed by atoms with Crippen molar-refractivity contribution in [3.05, 3.63) is 28.6 Å². The SMILES string of the molecule is O=C1CCC(C(=O)NCc2nnc3c(=O)[nH]ccn23)=NN1. The third-order valence-electron chi connectivity index (χ3n) is 2.98. The van der Waals surface area contributed by atoms with E-state index in [4.69, 9.17) is 0 Å². The second-order valence-electron chi connectivity index (χ2n) is 4.38. The number of carbonyl (C=O) groups is 2. The van der Waals surface area contributed by atoms with Gasteiger partial charge < -0.3 is 10.3 Å². The van der Waals surface area contributed by atoms with Crippen LogP contribution in [0.25, 0.3) is 5.65 Å². The molecule has 0 unspecified atom stereocenters. The molecule has 3 heterocycles. The lowest BCUT2D eigenvalue weighted by molar-refractivity contribution is -0.121. The fraction of sp³-hybridized carbons (Fsp3) is 0.273. The summed E-state index contributed by atoms with van der Waals surface area (Å²) in [6.45, 7) is 0.0937. The summed E-state index contributed by atoms with van der Waals surface area (Å²) in [6.07, 6.45) is 3.58. The molecule has 3 rings (SSSR count). The lowest BCUT2D eigenvalue weighted by Crippen LogP contribution is -2.36. The average molecular weight is 289 g/mol. The molecule has 10 heteroatoms. The quantitative estimate of drug-likeness (QED) is 0.619. The van der Waals surface area contributed by atoms with Crippen LogP contribution in [-0.2, 0) is 16.1 Å². The summed E-state index contributed by atoms with van der Waals surface area (Å²) in [7, 11) is 0. The van der Waals surface area contributed by atoms with E-state index in [2.05, 4.69) is 31.0 Å². The van der Waals surface area contributed by atoms with Crippen molar-refractivity contribution in [2.75, 3.05) is 0 Å². The summed E-state index contributed by atoms with van der Waals surface area (Å²) in [5.41, 5.74) is 2.30. The van der Waals surface area contributed by atoms with Gasteiger partial charge in [-0.25, -0.2) is 5.43 Å². The minimum Gasteiger partial charge on any atom is -0.344 e. The van der Waals surface area contributed by atoms with Crippen LogP contribution in [0.3, 0.4) is 0 Å². The van der Waals surface area contributed by atoms with Gasteiger partial charge in [-0.2, -0.15) is 5.10 Å². The highest BCUT2D eigenvalue weighted by Crippen LogP contribution is 2.01. The summed E-state index contributed by atoms with van der Waals surface area (Å²) in [5.74, 6) is -0.185. The maximum absolute atomic E-state index is 11.9. The maximum Gasteiger partial charge on any atom is 0.293 e. The van der Waals surface area contributed by atoms with Gasteiger partial charge in [0, 0.05) is 25.2 Å². The first-order valence-corrected chi connectivity index (χ1v) is 6.20. The lowest BCUT2D eigenvalue weighted by atomic mass is 10.1. The summed E-state index contributed by atoms with van der Waals surface area (Å²) in [4.78, 5) is 36.8. The fourth-order valence-electron chi connectivity index (χ4n) is 1.91. The number of hydrogen-bond acceptors (Lipinski definition) is 6. The third-order valence-corrected chi connectivity index (χ3v) is 2.98. The van der Waals surface area contributed by atoms with E-state index in [1.165, 1.54) is 10.6 Å². The predicted octanol–water partition coefficient (Wildman–Crippen LogP) is -1.70. The Morgan fingerprint density at radius 3 is 2.95 bits per heavy atom. The number of H-pyrrole nitrogens is 1. The molecular formula is C11H11N7O3. The third kappa shape index (κ3) is 2.50. The van der Waals surface area contributed by atoms with E-state index >= 15 is 0 Å². The molecule has 0 spiro atoms. The fourth-order valence-corrected chi connectivity index (χ4v) is 1.91. The molecule has 2 aromatic rings. The molecule has 0 radical (unpaired) electrons. The van der Waals surface area contributed by atoms with Crippen molar-refractivity contribution in [3.63, 3.8) is 0 Å². The van der Waals surface area contributed by atoms with E-state index in [-0.39, 0.29) is 42.2 Å². The number of aromatic nitrogens is 4. The standard InChI is InChI=1S/C11H11N7O3/c19-8-2-1-6(14-16-8)10(20)13-5-7-15-17-9-11(21)12-3-4-18(7)9/h3-4H,1-2,5H2,(H,12,21)(H,13,20)(H,16,19). The van der Waals surface area contributed by atoms with Crippen LogP contribution in [0.15, 0.2) is 22.3 Å². The number of carbonyl (C=O) groups excluding carboxylic acids is 2. The molecule has 0 fully saturated rings. The zero-order valence-electron chi connectivity index (χ0n) is 10.8. The second-order valence-corrected chi connectivity index (χ2v) is 4.38. The molecule has 0 atom stereocenters. The molecule has 0 aromatic carbocycles. The van der Waals surface area contributed by atoms with Crippen molar-refractivity contribution in [3.8, 4) is 0 Å². The molecule has 21 heavy (non-hydrogen) atoms. The molecule has 2 aromatic heterocycles. The Balaban J connectivity index is 1.72. The summed E-state index contributed by atoms with van der Waals surface area (Å²) < 4.78 is 1.49. The largest absolute Gasteiger partial charge is 0.344 e. The van der Waals surface area contributed by atoms with Gasteiger partial charge in [0.1, 0.15) is 5.71 Å². The van der Waals surface area contributed by atoms with Crippen molar-refractivity contribution in [2.24, 2.45) is 5.10 Å². The number of amides is 2. The minimum absolute atomic E-state index is 0.0937. The summed E-state index contributed by atoms with van der Waals surface area (Å²) in [6, 6.07) is 0. The number of nitrogens with one attached hydrogen (secondary N) is 3. The average Bonchev–Trinajstić information content (AvgIpc) is 2.90. The number of rotatable bonds is 3. The molecule has 1 aliphatic heterocycles. The maximum atomic E-state index is 11.9. The van der Waals surface area contributed by atoms with Crippen LogP contribution in [0.5, 0.6) is 0 Å². The van der Waals surface area contributed by atoms with Crippen molar-refractivity contribution in [1.29, 1.82) is 0 Å². The number of hydrazone groups is 1. The van der Waals surface area contributed by atoms with Gasteiger partial charge in [-0.05, 0) is 0 Å². The zero-order valence-corrected chi connectivity index (χ0v) is 10.8. The minimum atomic E-state index is -0.392. The molecule has 0 saturated carbocycles. The van der Waals surface area contributed by atoms with Gasteiger partial charge in [0.15, 0.2) is 5.82 Å². The van der Waals surface area contributed by atoms with Crippen molar-refractivity contribution in [1.82, 2.24) is 30.3 Å². The molecule has 0 saturated heterocycles. The zero-order chi connectivity index (χ0) is 14.8. The summed E-state index contributed by atoms with van der Waals surface area (Å²) >= 11 is 0. The number of aromatic amines is 1. The number of hydrogen-bond donors (Lipinski definition) is 3. The van der Waals surface area contributed by atoms with E-state index in [9.17, 15) is 14.4 Å². The van der Waals surface area contributed by atoms with Gasteiger partial charge in [-0.15, -0.1) is 10.2 Å². The Morgan fingerprint density at radius 2 is 2.19 bits per heavy atom. The highest BCUT2D eigenvalue weighted by molar-refractivity contribution is 6.39. The first-order valence-electron chi connectivity index (χ1n) is 6.20. The molecule has 0 bridgehead atoms. The molecule has 10 nitrogen and oxygen atoms in total. The second kappa shape index (κ2) is 5.15. The van der Waals surface area contributed by atoms with Gasteiger partial charge in [-0.3, -0.25) is 18.8 Å². The van der Waals surface area contributed by atoms with E-state index in [1.54, 1.807) is 6.20 Å². The Labute approximate surface area is 117 Å². The predicted molar refractivity (Wildman–Crippen MR) is 70.3 cm³/mol. The van der Waals surface area contributed by atoms with Gasteiger partial charge in [0.2, 0.25) is 11.6 Å². The summed E-state index contributed by atoms with van der Waals surface area (Å²) in [5, 5.41) is 13.9. The van der Waals surface area contributed by atoms with Crippen LogP contribution in [0.1, 0.15) is 18.7 Å². The van der Waals surface area contributed by atoms with Gasteiger partial charge >= 0.3 is 0 Å². The highest BCUT2D eigenvalue weighted by atomic mass is 16.2. The van der Waals surface area contributed by atoms with Crippen LogP contribution < -0.4 is 16.3 Å². The van der Waals surface area contributed by atoms with E-state index in [0.29, 0.717) is 5.82 Å². The first kappa shape index (κ1) is 13.0. The Hall–Kier alpha value is -3.04. The normalized spacial score (nSPS) is 14.7. The topological polar surface area (TPSA) is 134 Å². The molecule has 108 valence electrons. The highest BCUT2D eigenvalue weighted by Gasteiger charge is 2.18. The van der Waals surface area contributed by atoms with E-state index in [1.807, 2.05) is 0 Å². The first-order chi connectivity index (χ1) is 10.1. The van der Waals surface area contributed by atoms with E-state index in [0.717, 1.165) is 0 Å². The van der Waals surface area contributed by atoms with Crippen molar-refractivity contribution in [2.45, 2.75) is 19.4 Å². The van der Waals surface area contributed by atoms with Crippen LogP contribution >= 0.6 is 0 Å². The van der Waals surface area contributed by atoms with Gasteiger partial charge in [0.25, 0.3) is 11.5 Å². The van der Waals surface area contributed by atoms with Crippen LogP contribution in [0.2, 0.25) is 0 Å². The number of fused-ring (bicyclic) bond motifs is 1. The molecule has 3 N–H and O–H groups in total. The molecular weight excluding hydrogens is 278 g/mol. The van der Waals surface area contributed by atoms with Crippen LogP contribution in [0, 0.1) is 0 Å². The Bertz CT molecular complexity index is 803. The molecule has 1 aliphatic rings. The monoisotopic (exact) mass is 289 g/mol. The van der Waals surface area contributed by atoms with E-state index < -0.39 is 5.91 Å². The van der Waals surface area contributed by atoms with Crippen LogP contribution in [-0.4, -0.2) is 37.1 Å².